The molecular formula is C15H19NO3S. The van der Waals surface area contributed by atoms with Gasteiger partial charge in [0.2, 0.25) is 0 Å². The van der Waals surface area contributed by atoms with Crippen molar-refractivity contribution in [1.82, 2.24) is 4.90 Å². The average Bonchev–Trinajstić information content (AvgIpc) is 3.16. The summed E-state index contributed by atoms with van der Waals surface area (Å²) in [6.45, 7) is 1.83. The number of carbonyl (C=O) groups is 1. The fourth-order valence-electron chi connectivity index (χ4n) is 1.70. The fraction of sp³-hybridized carbons (Fsp3) is 0.533. The zero-order valence-electron chi connectivity index (χ0n) is 11.6. The van der Waals surface area contributed by atoms with Crippen LogP contribution in [-0.2, 0) is 4.74 Å². The van der Waals surface area contributed by atoms with E-state index in [0.717, 1.165) is 17.4 Å². The maximum absolute atomic E-state index is 12.2. The largest absolute Gasteiger partial charge is 0.384 e. The number of aliphatic hydroxyl groups excluding tert-OH is 1. The van der Waals surface area contributed by atoms with E-state index in [9.17, 15) is 4.79 Å². The van der Waals surface area contributed by atoms with Crippen molar-refractivity contribution < 1.29 is 14.6 Å². The quantitative estimate of drug-likeness (QED) is 0.640. The summed E-state index contributed by atoms with van der Waals surface area (Å²) in [5, 5.41) is 10.4. The highest BCUT2D eigenvalue weighted by Gasteiger charge is 2.21. The van der Waals surface area contributed by atoms with E-state index < -0.39 is 0 Å². The summed E-state index contributed by atoms with van der Waals surface area (Å²) < 4.78 is 5.53. The molecule has 0 aliphatic heterocycles. The van der Waals surface area contributed by atoms with Gasteiger partial charge < -0.3 is 14.7 Å². The second kappa shape index (κ2) is 7.44. The molecule has 1 N–H and O–H groups in total. The molecule has 2 rings (SSSR count). The van der Waals surface area contributed by atoms with Gasteiger partial charge >= 0.3 is 0 Å². The standard InChI is InChI=1S/C15H19NO3S/c1-16(6-8-19-10-12-4-5-12)15(18)13-9-14(20-11-13)3-2-7-17/h9,11-12,17H,4-8,10H2,1H3. The van der Waals surface area contributed by atoms with Crippen LogP contribution in [0.15, 0.2) is 11.4 Å². The first kappa shape index (κ1) is 15.0. The van der Waals surface area contributed by atoms with Crippen LogP contribution in [0.2, 0.25) is 0 Å². The lowest BCUT2D eigenvalue weighted by Gasteiger charge is -2.16. The smallest absolute Gasteiger partial charge is 0.254 e. The van der Waals surface area contributed by atoms with Crippen molar-refractivity contribution in [3.63, 3.8) is 0 Å². The Morgan fingerprint density at radius 2 is 2.40 bits per heavy atom. The summed E-state index contributed by atoms with van der Waals surface area (Å²) in [4.78, 5) is 14.6. The first-order chi connectivity index (χ1) is 9.70. The molecule has 20 heavy (non-hydrogen) atoms. The lowest BCUT2D eigenvalue weighted by atomic mass is 10.2. The van der Waals surface area contributed by atoms with Crippen molar-refractivity contribution in [2.75, 3.05) is 33.4 Å². The highest BCUT2D eigenvalue weighted by molar-refractivity contribution is 7.10. The molecular weight excluding hydrogens is 274 g/mol. The predicted octanol–water partition coefficient (Wildman–Crippen LogP) is 1.59. The van der Waals surface area contributed by atoms with Gasteiger partial charge in [-0.25, -0.2) is 0 Å². The summed E-state index contributed by atoms with van der Waals surface area (Å²) in [5.41, 5.74) is 0.641. The summed E-state index contributed by atoms with van der Waals surface area (Å²) in [5.74, 6) is 6.11. The molecule has 4 nitrogen and oxygen atoms in total. The van der Waals surface area contributed by atoms with Crippen molar-refractivity contribution in [3.05, 3.63) is 21.9 Å². The van der Waals surface area contributed by atoms with E-state index in [1.807, 2.05) is 0 Å². The fourth-order valence-corrected chi connectivity index (χ4v) is 2.45. The van der Waals surface area contributed by atoms with Gasteiger partial charge in [0, 0.05) is 25.6 Å². The zero-order chi connectivity index (χ0) is 14.4. The molecule has 0 aromatic carbocycles. The van der Waals surface area contributed by atoms with E-state index in [0.29, 0.717) is 18.7 Å². The minimum absolute atomic E-state index is 0.0201. The topological polar surface area (TPSA) is 49.8 Å². The molecule has 1 aromatic heterocycles. The molecule has 108 valence electrons. The monoisotopic (exact) mass is 293 g/mol. The molecule has 0 bridgehead atoms. The van der Waals surface area contributed by atoms with Crippen LogP contribution >= 0.6 is 11.3 Å². The van der Waals surface area contributed by atoms with Gasteiger partial charge in [-0.3, -0.25) is 4.79 Å². The Labute approximate surface area is 123 Å². The minimum Gasteiger partial charge on any atom is -0.384 e. The maximum atomic E-state index is 12.2. The normalized spacial score (nSPS) is 13.7. The summed E-state index contributed by atoms with van der Waals surface area (Å²) in [7, 11) is 1.78. The number of likely N-dealkylation sites (N-methyl/N-ethyl adjacent to an activating group) is 1. The molecule has 5 heteroatoms. The van der Waals surface area contributed by atoms with E-state index >= 15 is 0 Å². The second-order valence-corrected chi connectivity index (χ2v) is 5.82. The highest BCUT2D eigenvalue weighted by atomic mass is 32.1. The number of thiophene rings is 1. The number of aliphatic hydroxyl groups is 1. The molecule has 1 saturated carbocycles. The number of carbonyl (C=O) groups excluding carboxylic acids is 1. The van der Waals surface area contributed by atoms with E-state index in [1.54, 1.807) is 23.4 Å². The zero-order valence-corrected chi connectivity index (χ0v) is 12.4. The Kier molecular flexibility index (Phi) is 5.60. The Balaban J connectivity index is 1.77. The van der Waals surface area contributed by atoms with Gasteiger partial charge in [0.05, 0.1) is 17.0 Å². The molecule has 1 heterocycles. The molecule has 0 saturated heterocycles. The van der Waals surface area contributed by atoms with Crippen LogP contribution in [-0.4, -0.2) is 49.3 Å². The van der Waals surface area contributed by atoms with E-state index in [2.05, 4.69) is 11.8 Å². The van der Waals surface area contributed by atoms with Gasteiger partial charge in [-0.2, -0.15) is 0 Å². The Bertz CT molecular complexity index is 511. The average molecular weight is 293 g/mol. The number of ether oxygens (including phenoxy) is 1. The van der Waals surface area contributed by atoms with Crippen molar-refractivity contribution in [3.8, 4) is 11.8 Å². The number of nitrogens with zero attached hydrogens (tertiary/aromatic N) is 1. The lowest BCUT2D eigenvalue weighted by molar-refractivity contribution is 0.0681. The van der Waals surface area contributed by atoms with Gasteiger partial charge in [0.25, 0.3) is 5.91 Å². The molecule has 1 aliphatic carbocycles. The van der Waals surface area contributed by atoms with Crippen LogP contribution in [0.1, 0.15) is 28.1 Å². The third kappa shape index (κ3) is 4.64. The Hall–Kier alpha value is -1.35. The van der Waals surface area contributed by atoms with Crippen LogP contribution in [0.5, 0.6) is 0 Å². The molecule has 1 aliphatic rings. The van der Waals surface area contributed by atoms with Crippen molar-refractivity contribution in [2.24, 2.45) is 5.92 Å². The second-order valence-electron chi connectivity index (χ2n) is 4.90. The van der Waals surface area contributed by atoms with Gasteiger partial charge in [-0.15, -0.1) is 11.3 Å². The third-order valence-corrected chi connectivity index (χ3v) is 3.95. The van der Waals surface area contributed by atoms with Crippen LogP contribution in [0.25, 0.3) is 0 Å². The van der Waals surface area contributed by atoms with Crippen LogP contribution in [0, 0.1) is 17.8 Å². The highest BCUT2D eigenvalue weighted by Crippen LogP contribution is 2.28. The van der Waals surface area contributed by atoms with Crippen LogP contribution in [0.3, 0.4) is 0 Å². The maximum Gasteiger partial charge on any atom is 0.254 e. The van der Waals surface area contributed by atoms with E-state index in [1.165, 1.54) is 24.2 Å². The number of hydrogen-bond donors (Lipinski definition) is 1. The Morgan fingerprint density at radius 3 is 3.10 bits per heavy atom. The van der Waals surface area contributed by atoms with E-state index in [-0.39, 0.29) is 12.5 Å². The van der Waals surface area contributed by atoms with Crippen LogP contribution < -0.4 is 0 Å². The van der Waals surface area contributed by atoms with Gasteiger partial charge in [0.15, 0.2) is 0 Å². The molecule has 0 radical (unpaired) electrons. The van der Waals surface area contributed by atoms with Crippen LogP contribution in [0.4, 0.5) is 0 Å². The number of rotatable bonds is 6. The van der Waals surface area contributed by atoms with E-state index in [4.69, 9.17) is 9.84 Å². The third-order valence-electron chi connectivity index (χ3n) is 3.11. The first-order valence-corrected chi connectivity index (χ1v) is 7.60. The van der Waals surface area contributed by atoms with Crippen molar-refractivity contribution in [2.45, 2.75) is 12.8 Å². The molecule has 0 atom stereocenters. The van der Waals surface area contributed by atoms with Crippen molar-refractivity contribution in [1.29, 1.82) is 0 Å². The number of amides is 1. The Morgan fingerprint density at radius 1 is 1.60 bits per heavy atom. The summed E-state index contributed by atoms with van der Waals surface area (Å²) in [6.07, 6.45) is 2.56. The van der Waals surface area contributed by atoms with Gasteiger partial charge in [-0.1, -0.05) is 11.8 Å². The molecule has 0 unspecified atom stereocenters. The first-order valence-electron chi connectivity index (χ1n) is 6.72. The molecule has 0 spiro atoms. The SMILES string of the molecule is CN(CCOCC1CC1)C(=O)c1csc(C#CCO)c1. The predicted molar refractivity (Wildman–Crippen MR) is 78.8 cm³/mol. The number of hydrogen-bond acceptors (Lipinski definition) is 4. The van der Waals surface area contributed by atoms with Crippen molar-refractivity contribution >= 4 is 17.2 Å². The van der Waals surface area contributed by atoms with Gasteiger partial charge in [-0.05, 0) is 24.8 Å². The molecule has 1 aromatic rings. The summed E-state index contributed by atoms with van der Waals surface area (Å²) >= 11 is 1.41. The minimum atomic E-state index is -0.167. The summed E-state index contributed by atoms with van der Waals surface area (Å²) in [6, 6.07) is 1.76. The van der Waals surface area contributed by atoms with Gasteiger partial charge in [0.1, 0.15) is 6.61 Å². The molecule has 1 fully saturated rings. The molecule has 1 amide bonds. The lowest BCUT2D eigenvalue weighted by Crippen LogP contribution is -2.30.